The van der Waals surface area contributed by atoms with Crippen LogP contribution in [-0.4, -0.2) is 37.2 Å². The predicted molar refractivity (Wildman–Crippen MR) is 106 cm³/mol. The van der Waals surface area contributed by atoms with E-state index in [0.29, 0.717) is 11.3 Å². The minimum Gasteiger partial charge on any atom is -0.462 e. The van der Waals surface area contributed by atoms with Crippen molar-refractivity contribution in [3.8, 4) is 0 Å². The summed E-state index contributed by atoms with van der Waals surface area (Å²) >= 11 is 6.11. The minimum absolute atomic E-state index is 0.0485. The molecular formula is C18H18ClN5O5. The van der Waals surface area contributed by atoms with E-state index in [1.807, 2.05) is 0 Å². The molecule has 1 N–H and O–H groups in total. The number of rotatable bonds is 5. The number of anilines is 1. The molecular weight excluding hydrogens is 402 g/mol. The molecule has 2 heterocycles. The lowest BCUT2D eigenvalue weighted by atomic mass is 10.2. The number of carbonyl (C=O) groups is 2. The molecule has 3 rings (SSSR count). The van der Waals surface area contributed by atoms with Gasteiger partial charge in [-0.15, -0.1) is 0 Å². The molecule has 11 heteroatoms. The molecule has 10 nitrogen and oxygen atoms in total. The highest BCUT2D eigenvalue weighted by molar-refractivity contribution is 6.29. The van der Waals surface area contributed by atoms with Crippen LogP contribution in [0.3, 0.4) is 0 Å². The van der Waals surface area contributed by atoms with Crippen LogP contribution in [-0.2, 0) is 30.2 Å². The van der Waals surface area contributed by atoms with Gasteiger partial charge in [0.05, 0.1) is 12.2 Å². The summed E-state index contributed by atoms with van der Waals surface area (Å²) in [5.41, 5.74) is -0.201. The number of ether oxygens (including phenoxy) is 1. The maximum Gasteiger partial charge on any atom is 0.338 e. The van der Waals surface area contributed by atoms with Crippen molar-refractivity contribution in [2.45, 2.75) is 13.5 Å². The molecule has 0 spiro atoms. The highest BCUT2D eigenvalue weighted by Crippen LogP contribution is 2.16. The molecule has 0 saturated carbocycles. The van der Waals surface area contributed by atoms with E-state index in [1.54, 1.807) is 19.1 Å². The number of nitrogens with one attached hydrogen (secondary N) is 1. The van der Waals surface area contributed by atoms with Gasteiger partial charge < -0.3 is 10.1 Å². The summed E-state index contributed by atoms with van der Waals surface area (Å²) in [5.74, 6) is -0.922. The van der Waals surface area contributed by atoms with Crippen LogP contribution in [0.2, 0.25) is 5.28 Å². The summed E-state index contributed by atoms with van der Waals surface area (Å²) in [6, 6.07) is 6.17. The van der Waals surface area contributed by atoms with Gasteiger partial charge in [-0.1, -0.05) is 0 Å². The monoisotopic (exact) mass is 419 g/mol. The molecule has 152 valence electrons. The number of amides is 1. The fraction of sp³-hybridized carbons (Fsp3) is 0.278. The summed E-state index contributed by atoms with van der Waals surface area (Å²) < 4.78 is 8.25. The van der Waals surface area contributed by atoms with Crippen LogP contribution in [0, 0.1) is 0 Å². The number of esters is 1. The lowest BCUT2D eigenvalue weighted by Crippen LogP contribution is -2.37. The molecule has 2 aromatic heterocycles. The molecule has 0 radical (unpaired) electrons. The second-order valence-corrected chi connectivity index (χ2v) is 6.53. The number of hydrogen-bond acceptors (Lipinski definition) is 6. The average molecular weight is 420 g/mol. The second-order valence-electron chi connectivity index (χ2n) is 6.19. The first-order valence-electron chi connectivity index (χ1n) is 8.63. The van der Waals surface area contributed by atoms with Crippen LogP contribution in [0.15, 0.2) is 33.9 Å². The Morgan fingerprint density at radius 2 is 1.79 bits per heavy atom. The van der Waals surface area contributed by atoms with Gasteiger partial charge in [-0.25, -0.2) is 9.59 Å². The van der Waals surface area contributed by atoms with Crippen LogP contribution in [0.25, 0.3) is 11.2 Å². The Balaban J connectivity index is 1.86. The van der Waals surface area contributed by atoms with Crippen LogP contribution in [0.5, 0.6) is 0 Å². The largest absolute Gasteiger partial charge is 0.462 e. The van der Waals surface area contributed by atoms with Crippen molar-refractivity contribution in [2.24, 2.45) is 14.1 Å². The zero-order valence-corrected chi connectivity index (χ0v) is 16.7. The number of benzene rings is 1. The first kappa shape index (κ1) is 20.3. The van der Waals surface area contributed by atoms with Gasteiger partial charge in [-0.3, -0.25) is 23.3 Å². The smallest absolute Gasteiger partial charge is 0.338 e. The number of fused-ring (bicyclic) bond motifs is 1. The van der Waals surface area contributed by atoms with Gasteiger partial charge in [0, 0.05) is 19.8 Å². The van der Waals surface area contributed by atoms with E-state index in [4.69, 9.17) is 16.3 Å². The third-order valence-electron chi connectivity index (χ3n) is 4.28. The minimum atomic E-state index is -0.603. The number of aromatic nitrogens is 4. The Hall–Kier alpha value is -3.40. The lowest BCUT2D eigenvalue weighted by molar-refractivity contribution is -0.116. The predicted octanol–water partition coefficient (Wildman–Crippen LogP) is 0.902. The highest BCUT2D eigenvalue weighted by Gasteiger charge is 2.20. The number of aryl methyl sites for hydroxylation is 1. The van der Waals surface area contributed by atoms with Gasteiger partial charge in [0.2, 0.25) is 11.2 Å². The van der Waals surface area contributed by atoms with Crippen LogP contribution in [0.4, 0.5) is 5.69 Å². The van der Waals surface area contributed by atoms with Crippen molar-refractivity contribution >= 4 is 40.3 Å². The first-order chi connectivity index (χ1) is 13.7. The van der Waals surface area contributed by atoms with Crippen molar-refractivity contribution in [1.29, 1.82) is 0 Å². The zero-order chi connectivity index (χ0) is 21.3. The molecule has 0 fully saturated rings. The summed E-state index contributed by atoms with van der Waals surface area (Å²) in [7, 11) is 2.80. The van der Waals surface area contributed by atoms with E-state index in [9.17, 15) is 19.2 Å². The Labute approximate surface area is 169 Å². The van der Waals surface area contributed by atoms with E-state index in [0.717, 1.165) is 4.57 Å². The topological polar surface area (TPSA) is 117 Å². The molecule has 0 atom stereocenters. The van der Waals surface area contributed by atoms with Gasteiger partial charge in [0.1, 0.15) is 6.54 Å². The number of imidazole rings is 1. The number of halogens is 1. The summed E-state index contributed by atoms with van der Waals surface area (Å²) in [5, 5.41) is 2.56. The van der Waals surface area contributed by atoms with Crippen molar-refractivity contribution in [3.05, 3.63) is 56.0 Å². The standard InChI is InChI=1S/C18H18ClN5O5/c1-4-29-16(27)10-5-7-11(8-6-10)20-12(25)9-24-13-14(21-17(24)19)22(2)18(28)23(3)15(13)26/h5-8H,4,9H2,1-3H3,(H,20,25). The molecule has 0 bridgehead atoms. The maximum absolute atomic E-state index is 12.5. The van der Waals surface area contributed by atoms with E-state index < -0.39 is 23.1 Å². The number of carbonyl (C=O) groups excluding carboxylic acids is 2. The van der Waals surface area contributed by atoms with Gasteiger partial charge >= 0.3 is 11.7 Å². The van der Waals surface area contributed by atoms with Crippen molar-refractivity contribution in [2.75, 3.05) is 11.9 Å². The molecule has 0 saturated heterocycles. The summed E-state index contributed by atoms with van der Waals surface area (Å²) in [4.78, 5) is 52.7. The SMILES string of the molecule is CCOC(=O)c1ccc(NC(=O)Cn2c(Cl)nc3c2c(=O)n(C)c(=O)n3C)cc1. The third-order valence-corrected chi connectivity index (χ3v) is 4.57. The third kappa shape index (κ3) is 3.79. The van der Waals surface area contributed by atoms with E-state index in [-0.39, 0.29) is 29.6 Å². The fourth-order valence-corrected chi connectivity index (χ4v) is 3.04. The first-order valence-corrected chi connectivity index (χ1v) is 9.01. The molecule has 0 aliphatic heterocycles. The normalized spacial score (nSPS) is 10.9. The Morgan fingerprint density at radius 1 is 1.14 bits per heavy atom. The molecule has 0 aliphatic rings. The summed E-state index contributed by atoms with van der Waals surface area (Å²) in [6.07, 6.45) is 0. The van der Waals surface area contributed by atoms with Gasteiger partial charge in [-0.05, 0) is 42.8 Å². The molecule has 0 unspecified atom stereocenters. The van der Waals surface area contributed by atoms with Crippen LogP contribution >= 0.6 is 11.6 Å². The Morgan fingerprint density at radius 3 is 2.41 bits per heavy atom. The molecule has 1 amide bonds. The number of nitrogens with zero attached hydrogens (tertiary/aromatic N) is 4. The van der Waals surface area contributed by atoms with Crippen molar-refractivity contribution in [3.63, 3.8) is 0 Å². The molecule has 0 aliphatic carbocycles. The zero-order valence-electron chi connectivity index (χ0n) is 15.9. The molecule has 29 heavy (non-hydrogen) atoms. The van der Waals surface area contributed by atoms with Gasteiger partial charge in [-0.2, -0.15) is 4.98 Å². The van der Waals surface area contributed by atoms with Gasteiger partial charge in [0.15, 0.2) is 11.2 Å². The molecule has 1 aromatic carbocycles. The Kier molecular flexibility index (Phi) is 5.55. The van der Waals surface area contributed by atoms with E-state index in [1.165, 1.54) is 35.4 Å². The van der Waals surface area contributed by atoms with Crippen molar-refractivity contribution in [1.82, 2.24) is 18.7 Å². The van der Waals surface area contributed by atoms with Gasteiger partial charge in [0.25, 0.3) is 5.56 Å². The fourth-order valence-electron chi connectivity index (χ4n) is 2.81. The van der Waals surface area contributed by atoms with E-state index >= 15 is 0 Å². The van der Waals surface area contributed by atoms with Crippen LogP contribution < -0.4 is 16.6 Å². The molecule has 3 aromatic rings. The van der Waals surface area contributed by atoms with E-state index in [2.05, 4.69) is 10.3 Å². The van der Waals surface area contributed by atoms with Crippen molar-refractivity contribution < 1.29 is 14.3 Å². The Bertz CT molecular complexity index is 1220. The average Bonchev–Trinajstić information content (AvgIpc) is 3.01. The number of hydrogen-bond donors (Lipinski definition) is 1. The quantitative estimate of drug-likeness (QED) is 0.485. The second kappa shape index (κ2) is 7.92. The highest BCUT2D eigenvalue weighted by atomic mass is 35.5. The lowest BCUT2D eigenvalue weighted by Gasteiger charge is -2.09. The maximum atomic E-state index is 12.5. The van der Waals surface area contributed by atoms with Crippen LogP contribution in [0.1, 0.15) is 17.3 Å². The summed E-state index contributed by atoms with van der Waals surface area (Å²) in [6.45, 7) is 1.69.